The van der Waals surface area contributed by atoms with Crippen LogP contribution in [0.2, 0.25) is 0 Å². The molecule has 1 saturated carbocycles. The van der Waals surface area contributed by atoms with Gasteiger partial charge in [0, 0.05) is 0 Å². The number of amides is 1. The highest BCUT2D eigenvalue weighted by Crippen LogP contribution is 2.33. The molecule has 2 unspecified atom stereocenters. The van der Waals surface area contributed by atoms with Crippen molar-refractivity contribution >= 4 is 11.9 Å². The van der Waals surface area contributed by atoms with Crippen LogP contribution in [-0.2, 0) is 20.9 Å². The summed E-state index contributed by atoms with van der Waals surface area (Å²) < 4.78 is 5.46. The number of hydrogen-bond donors (Lipinski definition) is 1. The number of ether oxygens (including phenoxy) is 1. The lowest BCUT2D eigenvalue weighted by Crippen LogP contribution is -2.37. The summed E-state index contributed by atoms with van der Waals surface area (Å²) in [4.78, 5) is 25.2. The fourth-order valence-corrected chi connectivity index (χ4v) is 3.54. The van der Waals surface area contributed by atoms with E-state index >= 15 is 0 Å². The Bertz CT molecular complexity index is 730. The zero-order valence-electron chi connectivity index (χ0n) is 15.1. The molecule has 1 amide bonds. The van der Waals surface area contributed by atoms with Gasteiger partial charge in [0.15, 0.2) is 0 Å². The van der Waals surface area contributed by atoms with E-state index < -0.39 is 0 Å². The number of esters is 1. The first-order valence-electron chi connectivity index (χ1n) is 9.21. The predicted molar refractivity (Wildman–Crippen MR) is 100 cm³/mol. The summed E-state index contributed by atoms with van der Waals surface area (Å²) in [5.41, 5.74) is 2.01. The van der Waals surface area contributed by atoms with Gasteiger partial charge in [-0.2, -0.15) is 0 Å². The van der Waals surface area contributed by atoms with Gasteiger partial charge in [0.25, 0.3) is 0 Å². The Morgan fingerprint density at radius 2 is 1.62 bits per heavy atom. The van der Waals surface area contributed by atoms with Crippen molar-refractivity contribution < 1.29 is 14.3 Å². The number of carbonyl (C=O) groups is 2. The smallest absolute Gasteiger partial charge is 0.310 e. The molecule has 4 nitrogen and oxygen atoms in total. The van der Waals surface area contributed by atoms with Crippen LogP contribution < -0.4 is 5.32 Å². The van der Waals surface area contributed by atoms with Crippen LogP contribution in [0, 0.1) is 11.8 Å². The van der Waals surface area contributed by atoms with Gasteiger partial charge in [-0.3, -0.25) is 9.59 Å². The van der Waals surface area contributed by atoms with Crippen LogP contribution >= 0.6 is 0 Å². The van der Waals surface area contributed by atoms with Gasteiger partial charge in [-0.25, -0.2) is 0 Å². The monoisotopic (exact) mass is 351 g/mol. The molecule has 1 aliphatic carbocycles. The van der Waals surface area contributed by atoms with E-state index in [1.807, 2.05) is 67.6 Å². The Balaban J connectivity index is 1.56. The van der Waals surface area contributed by atoms with Crippen LogP contribution in [-0.4, -0.2) is 11.9 Å². The molecule has 0 aliphatic heterocycles. The Morgan fingerprint density at radius 3 is 2.31 bits per heavy atom. The van der Waals surface area contributed by atoms with Crippen molar-refractivity contribution in [2.75, 3.05) is 0 Å². The van der Waals surface area contributed by atoms with Crippen LogP contribution in [0.15, 0.2) is 60.7 Å². The molecule has 1 aliphatic rings. The Hall–Kier alpha value is -2.62. The number of hydrogen-bond acceptors (Lipinski definition) is 3. The average molecular weight is 351 g/mol. The molecule has 0 radical (unpaired) electrons. The van der Waals surface area contributed by atoms with Crippen LogP contribution in [0.1, 0.15) is 43.4 Å². The van der Waals surface area contributed by atoms with E-state index in [1.165, 1.54) is 0 Å². The fourth-order valence-electron chi connectivity index (χ4n) is 3.54. The van der Waals surface area contributed by atoms with E-state index in [1.54, 1.807) is 0 Å². The van der Waals surface area contributed by atoms with E-state index in [2.05, 4.69) is 5.32 Å². The second-order valence-electron chi connectivity index (χ2n) is 6.88. The molecular formula is C22H25NO3. The normalized spacial score (nSPS) is 20.3. The van der Waals surface area contributed by atoms with E-state index in [9.17, 15) is 9.59 Å². The highest BCUT2D eigenvalue weighted by Gasteiger charge is 2.39. The molecule has 2 aromatic carbocycles. The lowest BCUT2D eigenvalue weighted by atomic mass is 9.94. The van der Waals surface area contributed by atoms with Crippen LogP contribution in [0.3, 0.4) is 0 Å². The SMILES string of the molecule is C[C@H](NC(=O)C1CCCC1C(=O)OCc1ccccc1)c1ccccc1. The highest BCUT2D eigenvalue weighted by molar-refractivity contribution is 5.86. The van der Waals surface area contributed by atoms with Gasteiger partial charge in [-0.15, -0.1) is 0 Å². The fraction of sp³-hybridized carbons (Fsp3) is 0.364. The van der Waals surface area contributed by atoms with Crippen LogP contribution in [0.4, 0.5) is 0 Å². The van der Waals surface area contributed by atoms with Crippen molar-refractivity contribution in [3.8, 4) is 0 Å². The lowest BCUT2D eigenvalue weighted by Gasteiger charge is -2.21. The molecule has 0 spiro atoms. The number of carbonyl (C=O) groups excluding carboxylic acids is 2. The highest BCUT2D eigenvalue weighted by atomic mass is 16.5. The predicted octanol–water partition coefficient (Wildman–Crippen LogP) is 4.02. The summed E-state index contributed by atoms with van der Waals surface area (Å²) in [7, 11) is 0. The van der Waals surface area contributed by atoms with E-state index in [4.69, 9.17) is 4.74 Å². The second-order valence-corrected chi connectivity index (χ2v) is 6.88. The van der Waals surface area contributed by atoms with Gasteiger partial charge >= 0.3 is 5.97 Å². The minimum atomic E-state index is -0.346. The molecule has 1 N–H and O–H groups in total. The minimum Gasteiger partial charge on any atom is -0.461 e. The van der Waals surface area contributed by atoms with Crippen LogP contribution in [0.5, 0.6) is 0 Å². The number of nitrogens with one attached hydrogen (secondary N) is 1. The first kappa shape index (κ1) is 18.2. The molecule has 0 bridgehead atoms. The summed E-state index contributed by atoms with van der Waals surface area (Å²) in [5.74, 6) is -0.967. The second kappa shape index (κ2) is 8.65. The molecule has 0 heterocycles. The summed E-state index contributed by atoms with van der Waals surface area (Å²) in [6.45, 7) is 2.22. The van der Waals surface area contributed by atoms with E-state index in [0.29, 0.717) is 6.42 Å². The Morgan fingerprint density at radius 1 is 1.00 bits per heavy atom. The van der Waals surface area contributed by atoms with Gasteiger partial charge in [0.05, 0.1) is 17.9 Å². The first-order chi connectivity index (χ1) is 12.6. The topological polar surface area (TPSA) is 55.4 Å². The van der Waals surface area contributed by atoms with Crippen molar-refractivity contribution in [1.29, 1.82) is 0 Å². The Labute approximate surface area is 154 Å². The lowest BCUT2D eigenvalue weighted by molar-refractivity contribution is -0.153. The van der Waals surface area contributed by atoms with Gasteiger partial charge in [0.2, 0.25) is 5.91 Å². The molecule has 0 saturated heterocycles. The zero-order chi connectivity index (χ0) is 18.4. The summed E-state index contributed by atoms with van der Waals surface area (Å²) in [6.07, 6.45) is 2.33. The number of benzene rings is 2. The molecule has 136 valence electrons. The van der Waals surface area contributed by atoms with Crippen LogP contribution in [0.25, 0.3) is 0 Å². The van der Waals surface area contributed by atoms with Gasteiger partial charge in [-0.05, 0) is 30.9 Å². The molecule has 3 rings (SSSR count). The van der Waals surface area contributed by atoms with Crippen molar-refractivity contribution in [2.45, 2.75) is 38.8 Å². The third kappa shape index (κ3) is 4.51. The van der Waals surface area contributed by atoms with Crippen molar-refractivity contribution in [3.63, 3.8) is 0 Å². The molecule has 1 fully saturated rings. The van der Waals surface area contributed by atoms with Crippen molar-refractivity contribution in [3.05, 3.63) is 71.8 Å². The average Bonchev–Trinajstić information content (AvgIpc) is 3.17. The largest absolute Gasteiger partial charge is 0.461 e. The summed E-state index contributed by atoms with van der Waals surface area (Å²) >= 11 is 0. The third-order valence-electron chi connectivity index (χ3n) is 5.04. The van der Waals surface area contributed by atoms with E-state index in [-0.39, 0.29) is 36.4 Å². The molecule has 3 atom stereocenters. The molecule has 0 aromatic heterocycles. The maximum Gasteiger partial charge on any atom is 0.310 e. The first-order valence-corrected chi connectivity index (χ1v) is 9.21. The molecule has 4 heteroatoms. The standard InChI is InChI=1S/C22H25NO3/c1-16(18-11-6-3-7-12-18)23-21(24)19-13-8-14-20(19)22(25)26-15-17-9-4-2-5-10-17/h2-7,9-12,16,19-20H,8,13-15H2,1H3,(H,23,24)/t16-,19?,20?/m0/s1. The third-order valence-corrected chi connectivity index (χ3v) is 5.04. The summed E-state index contributed by atoms with van der Waals surface area (Å²) in [5, 5.41) is 3.05. The van der Waals surface area contributed by atoms with Crippen molar-refractivity contribution in [1.82, 2.24) is 5.32 Å². The maximum atomic E-state index is 12.7. The van der Waals surface area contributed by atoms with E-state index in [0.717, 1.165) is 24.0 Å². The molecule has 2 aromatic rings. The number of rotatable bonds is 6. The zero-order valence-corrected chi connectivity index (χ0v) is 15.1. The van der Waals surface area contributed by atoms with Crippen molar-refractivity contribution in [2.24, 2.45) is 11.8 Å². The molecular weight excluding hydrogens is 326 g/mol. The minimum absolute atomic E-state index is 0.0551. The quantitative estimate of drug-likeness (QED) is 0.800. The van der Waals surface area contributed by atoms with Gasteiger partial charge in [0.1, 0.15) is 6.61 Å². The Kier molecular flexibility index (Phi) is 6.05. The van der Waals surface area contributed by atoms with Gasteiger partial charge < -0.3 is 10.1 Å². The summed E-state index contributed by atoms with van der Waals surface area (Å²) in [6, 6.07) is 19.4. The molecule has 26 heavy (non-hydrogen) atoms. The van der Waals surface area contributed by atoms with Gasteiger partial charge in [-0.1, -0.05) is 67.1 Å². The maximum absolute atomic E-state index is 12.7.